The summed E-state index contributed by atoms with van der Waals surface area (Å²) in [5.74, 6) is 0.703. The number of carbonyl (C=O) groups is 1. The van der Waals surface area contributed by atoms with Crippen LogP contribution in [0.1, 0.15) is 12.8 Å². The molecule has 4 heteroatoms. The van der Waals surface area contributed by atoms with Crippen LogP contribution in [0.3, 0.4) is 0 Å². The van der Waals surface area contributed by atoms with Crippen molar-refractivity contribution in [2.45, 2.75) is 18.9 Å². The third kappa shape index (κ3) is 1.65. The predicted octanol–water partition coefficient (Wildman–Crippen LogP) is -0.0123. The molecule has 0 unspecified atom stereocenters. The number of amides is 1. The third-order valence-electron chi connectivity index (χ3n) is 2.15. The van der Waals surface area contributed by atoms with E-state index in [1.807, 2.05) is 4.90 Å². The summed E-state index contributed by atoms with van der Waals surface area (Å²) in [7, 11) is 0. The second-order valence-electron chi connectivity index (χ2n) is 3.28. The molecule has 1 heterocycles. The summed E-state index contributed by atoms with van der Waals surface area (Å²) in [6.45, 7) is 1.57. The van der Waals surface area contributed by atoms with Crippen molar-refractivity contribution in [1.29, 1.82) is 0 Å². The lowest BCUT2D eigenvalue weighted by atomic mass is 10.1. The van der Waals surface area contributed by atoms with Crippen LogP contribution in [0.5, 0.6) is 0 Å². The smallest absolute Gasteiger partial charge is 0.225 e. The highest BCUT2D eigenvalue weighted by atomic mass is 35.5. The minimum atomic E-state index is 0. The first-order chi connectivity index (χ1) is 4.77. The molecule has 2 aliphatic rings. The Morgan fingerprint density at radius 3 is 2.27 bits per heavy atom. The Labute approximate surface area is 72.3 Å². The average Bonchev–Trinajstić information content (AvgIpc) is 2.60. The summed E-state index contributed by atoms with van der Waals surface area (Å²) in [6.07, 6.45) is 2.20. The maximum atomic E-state index is 11.2. The van der Waals surface area contributed by atoms with Crippen LogP contribution in [0.25, 0.3) is 0 Å². The van der Waals surface area contributed by atoms with Crippen LogP contribution in [0.2, 0.25) is 0 Å². The number of carbonyl (C=O) groups excluding carboxylic acids is 1. The van der Waals surface area contributed by atoms with Crippen molar-refractivity contribution < 1.29 is 4.79 Å². The Balaban J connectivity index is 0.000000605. The van der Waals surface area contributed by atoms with Crippen LogP contribution >= 0.6 is 12.4 Å². The third-order valence-corrected chi connectivity index (χ3v) is 2.15. The highest BCUT2D eigenvalue weighted by Gasteiger charge is 2.37. The van der Waals surface area contributed by atoms with Crippen molar-refractivity contribution in [3.05, 3.63) is 0 Å². The average molecular weight is 177 g/mol. The van der Waals surface area contributed by atoms with Gasteiger partial charge in [0.2, 0.25) is 5.91 Å². The number of rotatable bonds is 1. The number of nitrogens with zero attached hydrogens (tertiary/aromatic N) is 1. The van der Waals surface area contributed by atoms with Gasteiger partial charge in [-0.3, -0.25) is 4.79 Å². The van der Waals surface area contributed by atoms with Gasteiger partial charge in [0.25, 0.3) is 0 Å². The minimum absolute atomic E-state index is 0. The molecule has 0 radical (unpaired) electrons. The van der Waals surface area contributed by atoms with E-state index in [9.17, 15) is 4.79 Å². The molecule has 2 rings (SSSR count). The standard InChI is InChI=1S/C7H12N2O.ClH/c8-6-3-9(4-6)7(10)5-1-2-5;/h5-6H,1-4,8H2;1H. The summed E-state index contributed by atoms with van der Waals surface area (Å²) in [6, 6.07) is 0.252. The topological polar surface area (TPSA) is 46.3 Å². The van der Waals surface area contributed by atoms with E-state index < -0.39 is 0 Å². The van der Waals surface area contributed by atoms with Crippen LogP contribution in [0.15, 0.2) is 0 Å². The number of hydrogen-bond acceptors (Lipinski definition) is 2. The van der Waals surface area contributed by atoms with Crippen molar-refractivity contribution in [2.24, 2.45) is 11.7 Å². The molecule has 0 aromatic rings. The molecule has 2 fully saturated rings. The van der Waals surface area contributed by atoms with Crippen molar-refractivity contribution in [1.82, 2.24) is 4.90 Å². The molecule has 0 atom stereocenters. The number of likely N-dealkylation sites (tertiary alicyclic amines) is 1. The molecule has 1 amide bonds. The van der Waals surface area contributed by atoms with Crippen LogP contribution in [0.4, 0.5) is 0 Å². The molecule has 0 aromatic heterocycles. The predicted molar refractivity (Wildman–Crippen MR) is 44.5 cm³/mol. The molecular formula is C7H13ClN2O. The summed E-state index contributed by atoms with van der Waals surface area (Å²) in [4.78, 5) is 13.1. The second-order valence-corrected chi connectivity index (χ2v) is 3.28. The van der Waals surface area contributed by atoms with E-state index in [-0.39, 0.29) is 18.4 Å². The molecule has 1 saturated heterocycles. The monoisotopic (exact) mass is 176 g/mol. The maximum absolute atomic E-state index is 11.2. The van der Waals surface area contributed by atoms with E-state index in [0.29, 0.717) is 11.8 Å². The van der Waals surface area contributed by atoms with E-state index in [0.717, 1.165) is 25.9 Å². The van der Waals surface area contributed by atoms with Gasteiger partial charge in [0, 0.05) is 25.0 Å². The van der Waals surface area contributed by atoms with Gasteiger partial charge in [-0.05, 0) is 12.8 Å². The fourth-order valence-corrected chi connectivity index (χ4v) is 1.28. The van der Waals surface area contributed by atoms with Gasteiger partial charge in [-0.1, -0.05) is 0 Å². The Hall–Kier alpha value is -0.280. The number of hydrogen-bond donors (Lipinski definition) is 1. The Morgan fingerprint density at radius 2 is 1.91 bits per heavy atom. The summed E-state index contributed by atoms with van der Waals surface area (Å²) in [5.41, 5.74) is 5.53. The van der Waals surface area contributed by atoms with E-state index in [2.05, 4.69) is 0 Å². The first kappa shape index (κ1) is 8.81. The molecule has 3 nitrogen and oxygen atoms in total. The molecule has 11 heavy (non-hydrogen) atoms. The van der Waals surface area contributed by atoms with Gasteiger partial charge >= 0.3 is 0 Å². The largest absolute Gasteiger partial charge is 0.339 e. The molecule has 0 aromatic carbocycles. The minimum Gasteiger partial charge on any atom is -0.339 e. The fourth-order valence-electron chi connectivity index (χ4n) is 1.28. The van der Waals surface area contributed by atoms with Crippen molar-refractivity contribution in [3.8, 4) is 0 Å². The number of nitrogens with two attached hydrogens (primary N) is 1. The molecular weight excluding hydrogens is 164 g/mol. The molecule has 1 aliphatic carbocycles. The van der Waals surface area contributed by atoms with Crippen molar-refractivity contribution in [3.63, 3.8) is 0 Å². The van der Waals surface area contributed by atoms with Gasteiger partial charge < -0.3 is 10.6 Å². The zero-order chi connectivity index (χ0) is 7.14. The lowest BCUT2D eigenvalue weighted by Crippen LogP contribution is -2.58. The quantitative estimate of drug-likeness (QED) is 0.611. The highest BCUT2D eigenvalue weighted by Crippen LogP contribution is 2.32. The van der Waals surface area contributed by atoms with Gasteiger partial charge in [0.15, 0.2) is 0 Å². The van der Waals surface area contributed by atoms with Crippen LogP contribution in [0, 0.1) is 5.92 Å². The SMILES string of the molecule is Cl.NC1CN(C(=O)C2CC2)C1. The molecule has 0 bridgehead atoms. The van der Waals surface area contributed by atoms with Gasteiger partial charge in [0.05, 0.1) is 0 Å². The Kier molecular flexibility index (Phi) is 2.40. The zero-order valence-corrected chi connectivity index (χ0v) is 7.14. The summed E-state index contributed by atoms with van der Waals surface area (Å²) in [5, 5.41) is 0. The maximum Gasteiger partial charge on any atom is 0.225 e. The van der Waals surface area contributed by atoms with Gasteiger partial charge in [0.1, 0.15) is 0 Å². The lowest BCUT2D eigenvalue weighted by Gasteiger charge is -2.36. The normalized spacial score (nSPS) is 23.9. The molecule has 1 saturated carbocycles. The van der Waals surface area contributed by atoms with E-state index >= 15 is 0 Å². The number of halogens is 1. The van der Waals surface area contributed by atoms with Crippen LogP contribution < -0.4 is 5.73 Å². The fraction of sp³-hybridized carbons (Fsp3) is 0.857. The van der Waals surface area contributed by atoms with E-state index in [1.165, 1.54) is 0 Å². The van der Waals surface area contributed by atoms with E-state index in [1.54, 1.807) is 0 Å². The molecule has 1 aliphatic heterocycles. The molecule has 0 spiro atoms. The van der Waals surface area contributed by atoms with Crippen molar-refractivity contribution in [2.75, 3.05) is 13.1 Å². The van der Waals surface area contributed by atoms with Gasteiger partial charge in [-0.2, -0.15) is 0 Å². The second kappa shape index (κ2) is 2.99. The molecule has 64 valence electrons. The van der Waals surface area contributed by atoms with Gasteiger partial charge in [-0.15, -0.1) is 12.4 Å². The Bertz CT molecular complexity index is 164. The first-order valence-electron chi connectivity index (χ1n) is 3.82. The van der Waals surface area contributed by atoms with Crippen LogP contribution in [-0.4, -0.2) is 29.9 Å². The zero-order valence-electron chi connectivity index (χ0n) is 6.32. The lowest BCUT2D eigenvalue weighted by molar-refractivity contribution is -0.136. The summed E-state index contributed by atoms with van der Waals surface area (Å²) >= 11 is 0. The van der Waals surface area contributed by atoms with Gasteiger partial charge in [-0.25, -0.2) is 0 Å². The highest BCUT2D eigenvalue weighted by molar-refractivity contribution is 5.85. The van der Waals surface area contributed by atoms with Crippen molar-refractivity contribution >= 4 is 18.3 Å². The van der Waals surface area contributed by atoms with Crippen LogP contribution in [-0.2, 0) is 4.79 Å². The first-order valence-corrected chi connectivity index (χ1v) is 3.82. The summed E-state index contributed by atoms with van der Waals surface area (Å²) < 4.78 is 0. The van der Waals surface area contributed by atoms with E-state index in [4.69, 9.17) is 5.73 Å². The molecule has 2 N–H and O–H groups in total. The Morgan fingerprint density at radius 1 is 1.36 bits per heavy atom.